The Labute approximate surface area is 92.6 Å². The van der Waals surface area contributed by atoms with Gasteiger partial charge in [-0.05, 0) is 18.2 Å². The molecule has 2 aromatic heterocycles. The molecule has 0 aliphatic heterocycles. The van der Waals surface area contributed by atoms with E-state index in [1.807, 2.05) is 6.07 Å². The van der Waals surface area contributed by atoms with Gasteiger partial charge in [-0.3, -0.25) is 19.6 Å². The molecule has 0 aliphatic rings. The second-order valence-electron chi connectivity index (χ2n) is 3.21. The molecule has 0 saturated carbocycles. The molecule has 2 aromatic rings. The predicted octanol–water partition coefficient (Wildman–Crippen LogP) is 1.26. The van der Waals surface area contributed by atoms with Gasteiger partial charge < -0.3 is 0 Å². The van der Waals surface area contributed by atoms with Crippen molar-refractivity contribution in [1.82, 2.24) is 15.0 Å². The number of fused-ring (bicyclic) bond motifs is 1. The first-order valence-electron chi connectivity index (χ1n) is 4.76. The zero-order valence-electron chi connectivity index (χ0n) is 9.04. The molecule has 16 heavy (non-hydrogen) atoms. The van der Waals surface area contributed by atoms with Crippen molar-refractivity contribution in [2.75, 3.05) is 14.2 Å². The average molecular weight is 217 g/mol. The van der Waals surface area contributed by atoms with Gasteiger partial charge in [0.15, 0.2) is 0 Å². The summed E-state index contributed by atoms with van der Waals surface area (Å²) in [6.07, 6.45) is 3.22. The third-order valence-corrected chi connectivity index (χ3v) is 2.29. The van der Waals surface area contributed by atoms with Crippen LogP contribution in [0.5, 0.6) is 0 Å². The molecule has 0 bridgehead atoms. The molecule has 0 radical (unpaired) electrons. The van der Waals surface area contributed by atoms with Crippen LogP contribution in [0.15, 0.2) is 30.6 Å². The molecule has 0 saturated heterocycles. The monoisotopic (exact) mass is 217 g/mol. The maximum absolute atomic E-state index is 11.9. The van der Waals surface area contributed by atoms with Gasteiger partial charge in [0.05, 0.1) is 18.2 Å². The number of pyridine rings is 2. The highest BCUT2D eigenvalue weighted by atomic mass is 16.7. The van der Waals surface area contributed by atoms with Crippen molar-refractivity contribution in [2.24, 2.45) is 0 Å². The molecular weight excluding hydrogens is 206 g/mol. The van der Waals surface area contributed by atoms with Crippen molar-refractivity contribution in [2.45, 2.75) is 0 Å². The Morgan fingerprint density at radius 3 is 2.88 bits per heavy atom. The summed E-state index contributed by atoms with van der Waals surface area (Å²) in [6, 6.07) is 5.22. The first-order chi connectivity index (χ1) is 7.74. The summed E-state index contributed by atoms with van der Waals surface area (Å²) < 4.78 is 0. The van der Waals surface area contributed by atoms with E-state index >= 15 is 0 Å². The van der Waals surface area contributed by atoms with E-state index in [1.54, 1.807) is 31.6 Å². The lowest BCUT2D eigenvalue weighted by Crippen LogP contribution is -2.25. The van der Waals surface area contributed by atoms with Crippen molar-refractivity contribution in [3.05, 3.63) is 36.2 Å². The van der Waals surface area contributed by atoms with E-state index < -0.39 is 0 Å². The summed E-state index contributed by atoms with van der Waals surface area (Å²) in [5.41, 5.74) is 1.76. The van der Waals surface area contributed by atoms with E-state index in [0.717, 1.165) is 5.06 Å². The number of nitrogens with zero attached hydrogens (tertiary/aromatic N) is 3. The minimum absolute atomic E-state index is 0.242. The summed E-state index contributed by atoms with van der Waals surface area (Å²) in [7, 11) is 2.99. The zero-order chi connectivity index (χ0) is 11.5. The van der Waals surface area contributed by atoms with Crippen LogP contribution < -0.4 is 0 Å². The normalized spacial score (nSPS) is 10.4. The molecule has 5 nitrogen and oxygen atoms in total. The molecule has 0 atom stereocenters. The van der Waals surface area contributed by atoms with Gasteiger partial charge in [0.25, 0.3) is 5.91 Å². The van der Waals surface area contributed by atoms with Crippen LogP contribution >= 0.6 is 0 Å². The Morgan fingerprint density at radius 1 is 1.31 bits per heavy atom. The molecule has 82 valence electrons. The summed E-state index contributed by atoms with van der Waals surface area (Å²) in [5, 5.41) is 1.16. The Bertz CT molecular complexity index is 522. The van der Waals surface area contributed by atoms with Crippen LogP contribution in [0.3, 0.4) is 0 Å². The second-order valence-corrected chi connectivity index (χ2v) is 3.21. The second kappa shape index (κ2) is 4.24. The van der Waals surface area contributed by atoms with Crippen LogP contribution in [-0.4, -0.2) is 35.1 Å². The topological polar surface area (TPSA) is 55.3 Å². The number of hydrogen-bond donors (Lipinski definition) is 0. The molecule has 0 N–H and O–H groups in total. The molecule has 0 unspecified atom stereocenters. The van der Waals surface area contributed by atoms with Crippen LogP contribution in [0, 0.1) is 0 Å². The van der Waals surface area contributed by atoms with Crippen molar-refractivity contribution in [1.29, 1.82) is 0 Å². The Balaban J connectivity index is 2.56. The third-order valence-electron chi connectivity index (χ3n) is 2.29. The summed E-state index contributed by atoms with van der Waals surface area (Å²) in [6.45, 7) is 0. The quantitative estimate of drug-likeness (QED) is 0.711. The minimum Gasteiger partial charge on any atom is -0.274 e. The first kappa shape index (κ1) is 10.5. The maximum Gasteiger partial charge on any atom is 0.279 e. The lowest BCUT2D eigenvalue weighted by molar-refractivity contribution is -0.0755. The third kappa shape index (κ3) is 1.72. The lowest BCUT2D eigenvalue weighted by atomic mass is 10.2. The SMILES string of the molecule is CON(C)C(=O)c1ccnc2cccnc12. The van der Waals surface area contributed by atoms with E-state index in [0.29, 0.717) is 16.6 Å². The Hall–Kier alpha value is -2.01. The summed E-state index contributed by atoms with van der Waals surface area (Å²) >= 11 is 0. The maximum atomic E-state index is 11.9. The number of hydroxylamine groups is 2. The van der Waals surface area contributed by atoms with Crippen LogP contribution in [0.2, 0.25) is 0 Å². The van der Waals surface area contributed by atoms with Crippen LogP contribution in [0.1, 0.15) is 10.4 Å². The molecule has 2 heterocycles. The highest BCUT2D eigenvalue weighted by molar-refractivity contribution is 6.03. The predicted molar refractivity (Wildman–Crippen MR) is 58.6 cm³/mol. The summed E-state index contributed by atoms with van der Waals surface area (Å²) in [4.78, 5) is 25.1. The molecule has 2 rings (SSSR count). The van der Waals surface area contributed by atoms with E-state index in [-0.39, 0.29) is 5.91 Å². The van der Waals surface area contributed by atoms with Crippen molar-refractivity contribution in [3.63, 3.8) is 0 Å². The van der Waals surface area contributed by atoms with Gasteiger partial charge in [-0.15, -0.1) is 0 Å². The van der Waals surface area contributed by atoms with Gasteiger partial charge in [-0.1, -0.05) is 0 Å². The number of hydrogen-bond acceptors (Lipinski definition) is 4. The van der Waals surface area contributed by atoms with Crippen LogP contribution in [0.4, 0.5) is 0 Å². The molecular formula is C11H11N3O2. The van der Waals surface area contributed by atoms with E-state index in [2.05, 4.69) is 9.97 Å². The van der Waals surface area contributed by atoms with E-state index in [9.17, 15) is 4.79 Å². The molecule has 0 spiro atoms. The average Bonchev–Trinajstić information content (AvgIpc) is 2.36. The van der Waals surface area contributed by atoms with Crippen molar-refractivity contribution < 1.29 is 9.63 Å². The zero-order valence-corrected chi connectivity index (χ0v) is 9.04. The Morgan fingerprint density at radius 2 is 2.12 bits per heavy atom. The molecule has 0 aliphatic carbocycles. The molecule has 0 aromatic carbocycles. The molecule has 5 heteroatoms. The minimum atomic E-state index is -0.242. The van der Waals surface area contributed by atoms with Gasteiger partial charge in [-0.25, -0.2) is 5.06 Å². The summed E-state index contributed by atoms with van der Waals surface area (Å²) in [5.74, 6) is -0.242. The van der Waals surface area contributed by atoms with Crippen molar-refractivity contribution in [3.8, 4) is 0 Å². The van der Waals surface area contributed by atoms with Gasteiger partial charge in [-0.2, -0.15) is 0 Å². The molecule has 1 amide bonds. The van der Waals surface area contributed by atoms with Crippen LogP contribution in [-0.2, 0) is 4.84 Å². The fraction of sp³-hybridized carbons (Fsp3) is 0.182. The number of carbonyl (C=O) groups is 1. The van der Waals surface area contributed by atoms with Crippen molar-refractivity contribution >= 4 is 16.9 Å². The largest absolute Gasteiger partial charge is 0.279 e. The smallest absolute Gasteiger partial charge is 0.274 e. The first-order valence-corrected chi connectivity index (χ1v) is 4.76. The number of amides is 1. The van der Waals surface area contributed by atoms with E-state index in [1.165, 1.54) is 7.11 Å². The fourth-order valence-electron chi connectivity index (χ4n) is 1.40. The van der Waals surface area contributed by atoms with Gasteiger partial charge >= 0.3 is 0 Å². The molecule has 0 fully saturated rings. The van der Waals surface area contributed by atoms with E-state index in [4.69, 9.17) is 4.84 Å². The van der Waals surface area contributed by atoms with Gasteiger partial charge in [0.1, 0.15) is 5.52 Å². The van der Waals surface area contributed by atoms with Gasteiger partial charge in [0.2, 0.25) is 0 Å². The number of rotatable bonds is 2. The highest BCUT2D eigenvalue weighted by Crippen LogP contribution is 2.14. The van der Waals surface area contributed by atoms with Gasteiger partial charge in [0, 0.05) is 19.4 Å². The number of aromatic nitrogens is 2. The number of carbonyl (C=O) groups excluding carboxylic acids is 1. The standard InChI is InChI=1S/C11H11N3O2/c1-14(16-2)11(15)8-5-7-12-9-4-3-6-13-10(8)9/h3-7H,1-2H3. The lowest BCUT2D eigenvalue weighted by Gasteiger charge is -2.14. The fourth-order valence-corrected chi connectivity index (χ4v) is 1.40. The Kier molecular flexibility index (Phi) is 2.78. The van der Waals surface area contributed by atoms with Crippen LogP contribution in [0.25, 0.3) is 11.0 Å². The highest BCUT2D eigenvalue weighted by Gasteiger charge is 2.15.